The molecule has 2 heterocycles. The Morgan fingerprint density at radius 3 is 3.00 bits per heavy atom. The maximum Gasteiger partial charge on any atom is 0.0843 e. The Hall–Kier alpha value is -0.550. The van der Waals surface area contributed by atoms with Crippen molar-refractivity contribution < 1.29 is 0 Å². The van der Waals surface area contributed by atoms with E-state index in [0.29, 0.717) is 10.8 Å². The Labute approximate surface area is 108 Å². The fourth-order valence-electron chi connectivity index (χ4n) is 2.52. The minimum atomic E-state index is 0.355. The van der Waals surface area contributed by atoms with Gasteiger partial charge >= 0.3 is 0 Å². The fraction of sp³-hybridized carbons (Fsp3) is 0.833. The van der Waals surface area contributed by atoms with Crippen LogP contribution in [-0.2, 0) is 13.5 Å². The maximum absolute atomic E-state index is 4.20. The SMILES string of the molecule is CCNC(Cc1cn(C)nn1)C1(C)CCCS1. The number of aromatic nitrogens is 3. The molecule has 1 aromatic rings. The average molecular weight is 254 g/mol. The van der Waals surface area contributed by atoms with Crippen LogP contribution in [0, 0.1) is 0 Å². The van der Waals surface area contributed by atoms with Crippen LogP contribution in [-0.4, -0.2) is 38.1 Å². The summed E-state index contributed by atoms with van der Waals surface area (Å²) in [6.45, 7) is 5.57. The molecule has 0 saturated carbocycles. The molecule has 96 valence electrons. The number of hydrogen-bond acceptors (Lipinski definition) is 4. The second-order valence-corrected chi connectivity index (χ2v) is 6.59. The smallest absolute Gasteiger partial charge is 0.0843 e. The van der Waals surface area contributed by atoms with E-state index in [2.05, 4.69) is 41.2 Å². The summed E-state index contributed by atoms with van der Waals surface area (Å²) in [6, 6.07) is 0.497. The summed E-state index contributed by atoms with van der Waals surface area (Å²) in [5.41, 5.74) is 1.09. The van der Waals surface area contributed by atoms with E-state index in [-0.39, 0.29) is 0 Å². The summed E-state index contributed by atoms with van der Waals surface area (Å²) in [5.74, 6) is 1.29. The Morgan fingerprint density at radius 2 is 2.47 bits per heavy atom. The Kier molecular flexibility index (Phi) is 4.09. The van der Waals surface area contributed by atoms with Crippen molar-refractivity contribution in [3.8, 4) is 0 Å². The van der Waals surface area contributed by atoms with Gasteiger partial charge in [-0.3, -0.25) is 4.68 Å². The summed E-state index contributed by atoms with van der Waals surface area (Å²) in [4.78, 5) is 0. The first kappa shape index (κ1) is 12.9. The van der Waals surface area contributed by atoms with E-state index < -0.39 is 0 Å². The third kappa shape index (κ3) is 3.01. The second kappa shape index (κ2) is 5.40. The molecule has 2 rings (SSSR count). The molecule has 0 aliphatic carbocycles. The van der Waals surface area contributed by atoms with Crippen molar-refractivity contribution in [2.24, 2.45) is 7.05 Å². The molecular formula is C12H22N4S. The molecule has 1 aliphatic rings. The number of likely N-dealkylation sites (N-methyl/N-ethyl adjacent to an activating group) is 1. The van der Waals surface area contributed by atoms with E-state index >= 15 is 0 Å². The van der Waals surface area contributed by atoms with Crippen LogP contribution in [0.2, 0.25) is 0 Å². The fourth-order valence-corrected chi connectivity index (χ4v) is 3.94. The molecule has 0 amide bonds. The molecule has 5 heteroatoms. The monoisotopic (exact) mass is 254 g/mol. The highest BCUT2D eigenvalue weighted by molar-refractivity contribution is 8.00. The van der Waals surface area contributed by atoms with Gasteiger partial charge in [0.25, 0.3) is 0 Å². The molecule has 2 atom stereocenters. The molecule has 1 aromatic heterocycles. The van der Waals surface area contributed by atoms with E-state index in [9.17, 15) is 0 Å². The van der Waals surface area contributed by atoms with Crippen molar-refractivity contribution in [3.05, 3.63) is 11.9 Å². The van der Waals surface area contributed by atoms with Crippen LogP contribution in [0.4, 0.5) is 0 Å². The highest BCUT2D eigenvalue weighted by Crippen LogP contribution is 2.41. The van der Waals surface area contributed by atoms with Gasteiger partial charge in [0.1, 0.15) is 0 Å². The van der Waals surface area contributed by atoms with Crippen molar-refractivity contribution in [3.63, 3.8) is 0 Å². The maximum atomic E-state index is 4.20. The number of thioether (sulfide) groups is 1. The quantitative estimate of drug-likeness (QED) is 0.867. The molecule has 1 aliphatic heterocycles. The van der Waals surface area contributed by atoms with E-state index in [1.807, 2.05) is 13.2 Å². The third-order valence-corrected chi connectivity index (χ3v) is 5.14. The van der Waals surface area contributed by atoms with Crippen LogP contribution < -0.4 is 5.32 Å². The molecule has 1 saturated heterocycles. The Bertz CT molecular complexity index is 357. The molecular weight excluding hydrogens is 232 g/mol. The summed E-state index contributed by atoms with van der Waals surface area (Å²) < 4.78 is 2.13. The first-order chi connectivity index (χ1) is 8.14. The molecule has 2 unspecified atom stereocenters. The number of rotatable bonds is 5. The number of hydrogen-bond donors (Lipinski definition) is 1. The molecule has 0 bridgehead atoms. The lowest BCUT2D eigenvalue weighted by atomic mass is 9.92. The van der Waals surface area contributed by atoms with Crippen LogP contribution in [0.15, 0.2) is 6.20 Å². The zero-order valence-electron chi connectivity index (χ0n) is 10.9. The summed E-state index contributed by atoms with van der Waals surface area (Å²) >= 11 is 2.10. The number of nitrogens with zero attached hydrogens (tertiary/aromatic N) is 3. The lowest BCUT2D eigenvalue weighted by Crippen LogP contribution is -2.46. The highest BCUT2D eigenvalue weighted by atomic mass is 32.2. The van der Waals surface area contributed by atoms with E-state index in [0.717, 1.165) is 18.7 Å². The molecule has 1 N–H and O–H groups in total. The van der Waals surface area contributed by atoms with Crippen molar-refractivity contribution in [2.45, 2.75) is 43.9 Å². The molecule has 0 aromatic carbocycles. The van der Waals surface area contributed by atoms with Crippen molar-refractivity contribution in [2.75, 3.05) is 12.3 Å². The first-order valence-corrected chi connectivity index (χ1v) is 7.35. The standard InChI is InChI=1S/C12H22N4S/c1-4-13-11(12(2)6-5-7-17-12)8-10-9-16(3)15-14-10/h9,11,13H,4-8H2,1-3H3. The Balaban J connectivity index is 2.06. The van der Waals surface area contributed by atoms with Crippen molar-refractivity contribution >= 4 is 11.8 Å². The third-order valence-electron chi connectivity index (χ3n) is 3.50. The predicted octanol–water partition coefficient (Wildman–Crippen LogP) is 1.62. The summed E-state index contributed by atoms with van der Waals surface area (Å²) in [5, 5.41) is 11.8. The lowest BCUT2D eigenvalue weighted by Gasteiger charge is -2.33. The molecule has 4 nitrogen and oxygen atoms in total. The van der Waals surface area contributed by atoms with Gasteiger partial charge in [-0.25, -0.2) is 0 Å². The second-order valence-electron chi connectivity index (χ2n) is 4.96. The van der Waals surface area contributed by atoms with E-state index in [1.165, 1.54) is 18.6 Å². The Morgan fingerprint density at radius 1 is 1.65 bits per heavy atom. The molecule has 0 radical (unpaired) electrons. The van der Waals surface area contributed by atoms with E-state index in [1.54, 1.807) is 4.68 Å². The largest absolute Gasteiger partial charge is 0.312 e. The van der Waals surface area contributed by atoms with Gasteiger partial charge in [0.2, 0.25) is 0 Å². The van der Waals surface area contributed by atoms with Crippen LogP contribution in [0.25, 0.3) is 0 Å². The zero-order valence-corrected chi connectivity index (χ0v) is 11.8. The predicted molar refractivity (Wildman–Crippen MR) is 72.3 cm³/mol. The van der Waals surface area contributed by atoms with Gasteiger partial charge in [-0.15, -0.1) is 5.10 Å². The minimum Gasteiger partial charge on any atom is -0.312 e. The van der Waals surface area contributed by atoms with Gasteiger partial charge in [0.05, 0.1) is 5.69 Å². The van der Waals surface area contributed by atoms with Gasteiger partial charge in [0, 0.05) is 30.5 Å². The molecule has 1 fully saturated rings. The normalized spacial score (nSPS) is 26.3. The van der Waals surface area contributed by atoms with Crippen LogP contribution in [0.3, 0.4) is 0 Å². The van der Waals surface area contributed by atoms with Crippen LogP contribution in [0.5, 0.6) is 0 Å². The zero-order chi connectivity index (χ0) is 12.3. The molecule has 0 spiro atoms. The van der Waals surface area contributed by atoms with Crippen molar-refractivity contribution in [1.29, 1.82) is 0 Å². The van der Waals surface area contributed by atoms with E-state index in [4.69, 9.17) is 0 Å². The molecule has 17 heavy (non-hydrogen) atoms. The van der Waals surface area contributed by atoms with Crippen LogP contribution in [0.1, 0.15) is 32.4 Å². The average Bonchev–Trinajstić information content (AvgIpc) is 2.88. The summed E-state index contributed by atoms with van der Waals surface area (Å²) in [7, 11) is 1.92. The summed E-state index contributed by atoms with van der Waals surface area (Å²) in [6.07, 6.45) is 5.64. The number of nitrogens with one attached hydrogen (secondary N) is 1. The lowest BCUT2D eigenvalue weighted by molar-refractivity contribution is 0.403. The van der Waals surface area contributed by atoms with Gasteiger partial charge in [-0.2, -0.15) is 11.8 Å². The number of aryl methyl sites for hydroxylation is 1. The topological polar surface area (TPSA) is 42.7 Å². The van der Waals surface area contributed by atoms with Crippen molar-refractivity contribution in [1.82, 2.24) is 20.3 Å². The van der Waals surface area contributed by atoms with Gasteiger partial charge in [-0.1, -0.05) is 12.1 Å². The van der Waals surface area contributed by atoms with Gasteiger partial charge in [0.15, 0.2) is 0 Å². The highest BCUT2D eigenvalue weighted by Gasteiger charge is 2.37. The van der Waals surface area contributed by atoms with Gasteiger partial charge in [-0.05, 0) is 32.1 Å². The minimum absolute atomic E-state index is 0.355. The van der Waals surface area contributed by atoms with Gasteiger partial charge < -0.3 is 5.32 Å². The van der Waals surface area contributed by atoms with Crippen LogP contribution >= 0.6 is 11.8 Å². The first-order valence-electron chi connectivity index (χ1n) is 6.36.